The first-order valence-corrected chi connectivity index (χ1v) is 9.93. The van der Waals surface area contributed by atoms with Crippen molar-refractivity contribution in [3.8, 4) is 0 Å². The molecule has 1 N–H and O–H groups in total. The van der Waals surface area contributed by atoms with Gasteiger partial charge >= 0.3 is 0 Å². The molecule has 0 aliphatic heterocycles. The minimum atomic E-state index is -0.616. The van der Waals surface area contributed by atoms with Gasteiger partial charge in [-0.25, -0.2) is 4.68 Å². The molecule has 3 rings (SSSR count). The van der Waals surface area contributed by atoms with Gasteiger partial charge in [0.25, 0.3) is 0 Å². The Bertz CT molecular complexity index is 903. The van der Waals surface area contributed by atoms with Gasteiger partial charge in [0.2, 0.25) is 0 Å². The van der Waals surface area contributed by atoms with Gasteiger partial charge in [0.05, 0.1) is 5.52 Å². The largest absolute Gasteiger partial charge is 0.348 e. The van der Waals surface area contributed by atoms with Crippen LogP contribution in [0.2, 0.25) is 0 Å². The van der Waals surface area contributed by atoms with Crippen LogP contribution in [0.15, 0.2) is 67.3 Å². The summed E-state index contributed by atoms with van der Waals surface area (Å²) in [6, 6.07) is 18.0. The topological polar surface area (TPSA) is 42.7 Å². The molecule has 0 amide bonds. The standard InChI is InChI=1S/C22H26N4S/c1-3-5-6-12-17-22(4-2,21(27)23-18-13-8-7-9-14-18)26-20-16-11-10-15-19(20)24-25-26/h4,7-11,13-16H,2-3,5-6,12,17H2,1H3,(H,23,27). The normalized spacial score (nSPS) is 13.2. The molecule has 0 bridgehead atoms. The first kappa shape index (κ1) is 19.2. The van der Waals surface area contributed by atoms with Crippen LogP contribution in [0, 0.1) is 0 Å². The fourth-order valence-corrected chi connectivity index (χ4v) is 3.73. The Morgan fingerprint density at radius 2 is 1.85 bits per heavy atom. The predicted octanol–water partition coefficient (Wildman–Crippen LogP) is 5.72. The molecule has 2 aromatic carbocycles. The summed E-state index contributed by atoms with van der Waals surface area (Å²) in [4.78, 5) is 0.691. The number of rotatable bonds is 9. The number of nitrogens with one attached hydrogen (secondary N) is 1. The third kappa shape index (κ3) is 4.08. The second-order valence-electron chi connectivity index (χ2n) is 6.75. The number of unbranched alkanes of at least 4 members (excludes halogenated alkanes) is 3. The highest BCUT2D eigenvalue weighted by atomic mass is 32.1. The molecule has 27 heavy (non-hydrogen) atoms. The highest BCUT2D eigenvalue weighted by Gasteiger charge is 2.36. The van der Waals surface area contributed by atoms with Gasteiger partial charge in [-0.2, -0.15) is 0 Å². The summed E-state index contributed by atoms with van der Waals surface area (Å²) < 4.78 is 1.93. The summed E-state index contributed by atoms with van der Waals surface area (Å²) >= 11 is 5.89. The van der Waals surface area contributed by atoms with Crippen LogP contribution >= 0.6 is 12.2 Å². The highest BCUT2D eigenvalue weighted by molar-refractivity contribution is 7.80. The van der Waals surface area contributed by atoms with Crippen molar-refractivity contribution in [3.05, 3.63) is 67.3 Å². The van der Waals surface area contributed by atoms with E-state index in [2.05, 4.69) is 29.1 Å². The maximum atomic E-state index is 5.89. The van der Waals surface area contributed by atoms with Crippen LogP contribution in [-0.2, 0) is 5.54 Å². The molecule has 3 aromatic rings. The fourth-order valence-electron chi connectivity index (χ4n) is 3.34. The first-order valence-electron chi connectivity index (χ1n) is 9.52. The maximum absolute atomic E-state index is 5.89. The smallest absolute Gasteiger partial charge is 0.133 e. The minimum Gasteiger partial charge on any atom is -0.348 e. The Morgan fingerprint density at radius 3 is 2.59 bits per heavy atom. The van der Waals surface area contributed by atoms with Gasteiger partial charge in [0.15, 0.2) is 0 Å². The molecule has 140 valence electrons. The average molecular weight is 379 g/mol. The van der Waals surface area contributed by atoms with Gasteiger partial charge in [-0.05, 0) is 30.7 Å². The second-order valence-corrected chi connectivity index (χ2v) is 7.16. The zero-order valence-corrected chi connectivity index (χ0v) is 16.6. The lowest BCUT2D eigenvalue weighted by Crippen LogP contribution is -2.43. The highest BCUT2D eigenvalue weighted by Crippen LogP contribution is 2.31. The van der Waals surface area contributed by atoms with Gasteiger partial charge in [0, 0.05) is 5.69 Å². The van der Waals surface area contributed by atoms with E-state index in [1.807, 2.05) is 65.4 Å². The summed E-state index contributed by atoms with van der Waals surface area (Å²) in [5.74, 6) is 0. The van der Waals surface area contributed by atoms with Crippen LogP contribution in [0.5, 0.6) is 0 Å². The molecule has 1 aromatic heterocycles. The molecule has 0 aliphatic rings. The lowest BCUT2D eigenvalue weighted by Gasteiger charge is -2.32. The molecular formula is C22H26N4S. The molecule has 0 fully saturated rings. The van der Waals surface area contributed by atoms with Crippen molar-refractivity contribution in [1.29, 1.82) is 0 Å². The van der Waals surface area contributed by atoms with E-state index in [-0.39, 0.29) is 0 Å². The summed E-state index contributed by atoms with van der Waals surface area (Å²) in [5.41, 5.74) is 2.17. The summed E-state index contributed by atoms with van der Waals surface area (Å²) in [6.45, 7) is 6.36. The van der Waals surface area contributed by atoms with Crippen LogP contribution in [0.25, 0.3) is 11.0 Å². The zero-order chi connectivity index (χ0) is 19.1. The Kier molecular flexibility index (Phi) is 6.35. The van der Waals surface area contributed by atoms with Gasteiger partial charge in [-0.3, -0.25) is 0 Å². The number of aromatic nitrogens is 3. The Balaban J connectivity index is 1.99. The van der Waals surface area contributed by atoms with E-state index in [1.54, 1.807) is 0 Å². The van der Waals surface area contributed by atoms with Crippen molar-refractivity contribution in [2.45, 2.75) is 44.6 Å². The van der Waals surface area contributed by atoms with Crippen LogP contribution in [-0.4, -0.2) is 20.0 Å². The Hall–Kier alpha value is -2.53. The van der Waals surface area contributed by atoms with Gasteiger partial charge < -0.3 is 5.32 Å². The minimum absolute atomic E-state index is 0.616. The maximum Gasteiger partial charge on any atom is 0.133 e. The van der Waals surface area contributed by atoms with E-state index in [0.29, 0.717) is 4.99 Å². The molecular weight excluding hydrogens is 352 g/mol. The molecule has 0 aliphatic carbocycles. The van der Waals surface area contributed by atoms with Crippen molar-refractivity contribution in [2.75, 3.05) is 5.32 Å². The first-order chi connectivity index (χ1) is 13.2. The zero-order valence-electron chi connectivity index (χ0n) is 15.8. The van der Waals surface area contributed by atoms with Crippen molar-refractivity contribution < 1.29 is 0 Å². The molecule has 1 heterocycles. The molecule has 0 spiro atoms. The third-order valence-corrected chi connectivity index (χ3v) is 5.36. The van der Waals surface area contributed by atoms with Crippen LogP contribution in [0.3, 0.4) is 0 Å². The quantitative estimate of drug-likeness (QED) is 0.294. The number of hydrogen-bond acceptors (Lipinski definition) is 3. The van der Waals surface area contributed by atoms with Gasteiger partial charge in [-0.15, -0.1) is 11.7 Å². The Morgan fingerprint density at radius 1 is 1.11 bits per heavy atom. The molecule has 0 saturated carbocycles. The number of anilines is 1. The number of fused-ring (bicyclic) bond motifs is 1. The summed E-state index contributed by atoms with van der Waals surface area (Å²) in [5, 5.41) is 12.2. The lowest BCUT2D eigenvalue weighted by molar-refractivity contribution is 0.404. The van der Waals surface area contributed by atoms with E-state index >= 15 is 0 Å². The van der Waals surface area contributed by atoms with Gasteiger partial charge in [-0.1, -0.05) is 86.4 Å². The molecule has 5 heteroatoms. The number of para-hydroxylation sites is 2. The summed E-state index contributed by atoms with van der Waals surface area (Å²) in [6.07, 6.45) is 7.36. The molecule has 0 radical (unpaired) electrons. The van der Waals surface area contributed by atoms with E-state index in [1.165, 1.54) is 12.8 Å². The predicted molar refractivity (Wildman–Crippen MR) is 117 cm³/mol. The van der Waals surface area contributed by atoms with E-state index in [0.717, 1.165) is 36.0 Å². The van der Waals surface area contributed by atoms with E-state index in [9.17, 15) is 0 Å². The second kappa shape index (κ2) is 8.91. The summed E-state index contributed by atoms with van der Waals surface area (Å²) in [7, 11) is 0. The monoisotopic (exact) mass is 378 g/mol. The van der Waals surface area contributed by atoms with Crippen LogP contribution in [0.4, 0.5) is 5.69 Å². The molecule has 1 atom stereocenters. The Labute approximate surface area is 166 Å². The van der Waals surface area contributed by atoms with Crippen molar-refractivity contribution >= 4 is 33.9 Å². The van der Waals surface area contributed by atoms with Crippen molar-refractivity contribution in [1.82, 2.24) is 15.0 Å². The van der Waals surface area contributed by atoms with Crippen molar-refractivity contribution in [3.63, 3.8) is 0 Å². The number of thiocarbonyl (C=S) groups is 1. The molecule has 4 nitrogen and oxygen atoms in total. The van der Waals surface area contributed by atoms with Gasteiger partial charge in [0.1, 0.15) is 16.0 Å². The number of nitrogens with zero attached hydrogens (tertiary/aromatic N) is 3. The number of hydrogen-bond donors (Lipinski definition) is 1. The fraction of sp³-hybridized carbons (Fsp3) is 0.318. The third-order valence-electron chi connectivity index (χ3n) is 4.90. The molecule has 1 unspecified atom stereocenters. The lowest BCUT2D eigenvalue weighted by atomic mass is 9.91. The van der Waals surface area contributed by atoms with Crippen LogP contribution < -0.4 is 5.32 Å². The molecule has 0 saturated heterocycles. The average Bonchev–Trinajstić information content (AvgIpc) is 3.14. The van der Waals surface area contributed by atoms with E-state index < -0.39 is 5.54 Å². The SMILES string of the molecule is C=CC(CCCCCC)(C(=S)Nc1ccccc1)n1nnc2ccccc21. The van der Waals surface area contributed by atoms with E-state index in [4.69, 9.17) is 12.2 Å². The van der Waals surface area contributed by atoms with Crippen molar-refractivity contribution in [2.24, 2.45) is 0 Å². The van der Waals surface area contributed by atoms with Crippen LogP contribution in [0.1, 0.15) is 39.0 Å². The number of benzene rings is 2.